The normalized spacial score (nSPS) is 17.8. The van der Waals surface area contributed by atoms with E-state index in [2.05, 4.69) is 4.90 Å². The van der Waals surface area contributed by atoms with E-state index in [0.29, 0.717) is 75.7 Å². The molecule has 0 spiro atoms. The Morgan fingerprint density at radius 1 is 0.848 bits per heavy atom. The van der Waals surface area contributed by atoms with E-state index in [-0.39, 0.29) is 19.0 Å². The first kappa shape index (κ1) is 31.0. The van der Waals surface area contributed by atoms with E-state index in [4.69, 9.17) is 47.4 Å². The summed E-state index contributed by atoms with van der Waals surface area (Å²) in [6.07, 6.45) is -0.137. The van der Waals surface area contributed by atoms with E-state index in [1.807, 2.05) is 13.1 Å². The van der Waals surface area contributed by atoms with Crippen LogP contribution in [0.4, 0.5) is 0 Å². The lowest BCUT2D eigenvalue weighted by atomic mass is 9.83. The van der Waals surface area contributed by atoms with Gasteiger partial charge in [0.1, 0.15) is 18.3 Å². The number of carbonyl (C=O) groups is 2. The molecule has 244 valence electrons. The van der Waals surface area contributed by atoms with Gasteiger partial charge in [-0.2, -0.15) is 0 Å². The van der Waals surface area contributed by atoms with Gasteiger partial charge in [0.05, 0.1) is 54.3 Å². The minimum Gasteiger partial charge on any atom is -0.493 e. The van der Waals surface area contributed by atoms with Gasteiger partial charge in [0.25, 0.3) is 0 Å². The van der Waals surface area contributed by atoms with Crippen molar-refractivity contribution in [3.63, 3.8) is 0 Å². The zero-order valence-corrected chi connectivity index (χ0v) is 26.6. The number of fused-ring (bicyclic) bond motifs is 3. The summed E-state index contributed by atoms with van der Waals surface area (Å²) in [6.45, 7) is 0.433. The molecule has 3 aromatic carbocycles. The van der Waals surface area contributed by atoms with Gasteiger partial charge in [0, 0.05) is 23.2 Å². The molecule has 0 saturated heterocycles. The predicted molar refractivity (Wildman–Crippen MR) is 161 cm³/mol. The van der Waals surface area contributed by atoms with Gasteiger partial charge >= 0.3 is 11.9 Å². The largest absolute Gasteiger partial charge is 0.493 e. The highest BCUT2D eigenvalue weighted by atomic mass is 16.7. The van der Waals surface area contributed by atoms with Gasteiger partial charge in [0.15, 0.2) is 34.5 Å². The minimum atomic E-state index is -0.713. The minimum absolute atomic E-state index is 0.0405. The van der Waals surface area contributed by atoms with E-state index in [1.165, 1.54) is 47.7 Å². The summed E-state index contributed by atoms with van der Waals surface area (Å²) in [4.78, 5) is 28.8. The van der Waals surface area contributed by atoms with Crippen LogP contribution in [0.3, 0.4) is 0 Å². The monoisotopic (exact) mass is 637 g/mol. The molecule has 3 heterocycles. The first-order valence-electron chi connectivity index (χ1n) is 14.5. The van der Waals surface area contributed by atoms with Gasteiger partial charge in [-0.15, -0.1) is 0 Å². The van der Waals surface area contributed by atoms with Crippen LogP contribution in [0.1, 0.15) is 55.1 Å². The van der Waals surface area contributed by atoms with Crippen LogP contribution in [0, 0.1) is 0 Å². The molecule has 2 unspecified atom stereocenters. The van der Waals surface area contributed by atoms with Gasteiger partial charge < -0.3 is 47.4 Å². The molecule has 3 aliphatic heterocycles. The maximum Gasteiger partial charge on any atom is 0.343 e. The molecule has 13 nitrogen and oxygen atoms in total. The quantitative estimate of drug-likeness (QED) is 0.294. The number of carbonyl (C=O) groups excluding carboxylic acids is 2. The molecule has 0 aliphatic carbocycles. The number of nitrogens with zero attached hydrogens (tertiary/aromatic N) is 1. The maximum absolute atomic E-state index is 13.4. The summed E-state index contributed by atoms with van der Waals surface area (Å²) >= 11 is 0. The van der Waals surface area contributed by atoms with Crippen molar-refractivity contribution in [2.24, 2.45) is 0 Å². The molecule has 13 heteroatoms. The third-order valence-corrected chi connectivity index (χ3v) is 8.57. The fourth-order valence-corrected chi connectivity index (χ4v) is 6.50. The van der Waals surface area contributed by atoms with Crippen LogP contribution in [0.5, 0.6) is 46.0 Å². The van der Waals surface area contributed by atoms with Crippen LogP contribution in [-0.4, -0.2) is 79.9 Å². The van der Waals surface area contributed by atoms with Crippen LogP contribution in [0.2, 0.25) is 0 Å². The van der Waals surface area contributed by atoms with Crippen molar-refractivity contribution in [3.05, 3.63) is 57.6 Å². The Kier molecular flexibility index (Phi) is 8.34. The van der Waals surface area contributed by atoms with Gasteiger partial charge in [-0.25, -0.2) is 9.59 Å². The first-order chi connectivity index (χ1) is 22.3. The van der Waals surface area contributed by atoms with Crippen LogP contribution < -0.4 is 37.9 Å². The van der Waals surface area contributed by atoms with Gasteiger partial charge in [0.2, 0.25) is 18.3 Å². The Hall–Kier alpha value is -5.04. The highest BCUT2D eigenvalue weighted by Crippen LogP contribution is 2.57. The Morgan fingerprint density at radius 2 is 1.50 bits per heavy atom. The highest BCUT2D eigenvalue weighted by Gasteiger charge is 2.47. The standard InChI is InChI=1S/C33H35NO12/c1-34-11-10-17-19(14-43-32(35)16-12-21(38-3)28(40-5)22(13-16)39-4)27-31(45-15-44-27)30(42-7)23(17)25(34)26-18-8-9-20(37-2)29(41-6)24(18)33(36)46-26/h8-9,12-13,25-26H,10-11,14-15H2,1-7H3. The van der Waals surface area contributed by atoms with Crippen LogP contribution in [-0.2, 0) is 22.5 Å². The van der Waals surface area contributed by atoms with Crippen molar-refractivity contribution in [1.82, 2.24) is 4.90 Å². The summed E-state index contributed by atoms with van der Waals surface area (Å²) < 4.78 is 56.9. The number of benzene rings is 3. The van der Waals surface area contributed by atoms with Crippen molar-refractivity contribution in [3.8, 4) is 46.0 Å². The molecule has 0 N–H and O–H groups in total. The van der Waals surface area contributed by atoms with Crippen molar-refractivity contribution >= 4 is 11.9 Å². The van der Waals surface area contributed by atoms with E-state index in [0.717, 1.165) is 11.1 Å². The first-order valence-corrected chi connectivity index (χ1v) is 14.5. The van der Waals surface area contributed by atoms with E-state index < -0.39 is 24.1 Å². The number of rotatable bonds is 10. The van der Waals surface area contributed by atoms with Crippen LogP contribution >= 0.6 is 0 Å². The lowest BCUT2D eigenvalue weighted by Gasteiger charge is -2.39. The summed E-state index contributed by atoms with van der Waals surface area (Å²) in [5.74, 6) is 1.88. The molecule has 3 aromatic rings. The van der Waals surface area contributed by atoms with Crippen molar-refractivity contribution < 1.29 is 57.0 Å². The lowest BCUT2D eigenvalue weighted by Crippen LogP contribution is -2.37. The third kappa shape index (κ3) is 4.82. The van der Waals surface area contributed by atoms with Crippen molar-refractivity contribution in [2.45, 2.75) is 25.2 Å². The van der Waals surface area contributed by atoms with Crippen LogP contribution in [0.15, 0.2) is 24.3 Å². The van der Waals surface area contributed by atoms with E-state index in [1.54, 1.807) is 13.2 Å². The second kappa shape index (κ2) is 12.4. The average molecular weight is 638 g/mol. The third-order valence-electron chi connectivity index (χ3n) is 8.57. The lowest BCUT2D eigenvalue weighted by molar-refractivity contribution is 0.00846. The Bertz CT molecular complexity index is 1680. The predicted octanol–water partition coefficient (Wildman–Crippen LogP) is 4.26. The summed E-state index contributed by atoms with van der Waals surface area (Å²) in [7, 11) is 10.9. The topological polar surface area (TPSA) is 130 Å². The second-order valence-electron chi connectivity index (χ2n) is 10.7. The zero-order valence-electron chi connectivity index (χ0n) is 26.6. The number of hydrogen-bond donors (Lipinski definition) is 0. The van der Waals surface area contributed by atoms with Crippen molar-refractivity contribution in [1.29, 1.82) is 0 Å². The van der Waals surface area contributed by atoms with Crippen LogP contribution in [0.25, 0.3) is 0 Å². The fourth-order valence-electron chi connectivity index (χ4n) is 6.50. The molecule has 0 fully saturated rings. The van der Waals surface area contributed by atoms with E-state index >= 15 is 0 Å². The summed E-state index contributed by atoms with van der Waals surface area (Å²) in [6, 6.07) is 6.13. The average Bonchev–Trinajstić information content (AvgIpc) is 3.69. The molecule has 6 rings (SSSR count). The number of esters is 2. The molecule has 0 aromatic heterocycles. The Balaban J connectivity index is 1.42. The number of cyclic esters (lactones) is 1. The summed E-state index contributed by atoms with van der Waals surface area (Å²) in [5, 5.41) is 0. The van der Waals surface area contributed by atoms with Gasteiger partial charge in [-0.3, -0.25) is 4.90 Å². The molecule has 0 bridgehead atoms. The smallest absolute Gasteiger partial charge is 0.343 e. The zero-order chi connectivity index (χ0) is 32.7. The number of likely N-dealkylation sites (N-methyl/N-ethyl adjacent to an activating group) is 1. The molecule has 0 saturated carbocycles. The van der Waals surface area contributed by atoms with Gasteiger partial charge in [-0.1, -0.05) is 6.07 Å². The Labute approximate surface area is 265 Å². The summed E-state index contributed by atoms with van der Waals surface area (Å²) in [5.41, 5.74) is 3.42. The molecule has 0 radical (unpaired) electrons. The highest BCUT2D eigenvalue weighted by molar-refractivity contribution is 5.98. The number of methoxy groups -OCH3 is 6. The fraction of sp³-hybridized carbons (Fsp3) is 0.394. The van der Waals surface area contributed by atoms with Gasteiger partial charge in [-0.05, 0) is 37.2 Å². The van der Waals surface area contributed by atoms with Crippen molar-refractivity contribution in [2.75, 3.05) is 63.0 Å². The molecule has 3 aliphatic rings. The molecular weight excluding hydrogens is 602 g/mol. The number of ether oxygens (including phenoxy) is 10. The maximum atomic E-state index is 13.4. The SMILES string of the molecule is COc1cc(C(=O)OCc2c3c(c(OC)c4c2OCO4)C(C2OC(=O)c4c2ccc(OC)c4OC)N(C)CC3)cc(OC)c1OC. The molecule has 46 heavy (non-hydrogen) atoms. The molecular formula is C33H35NO12. The Morgan fingerprint density at radius 3 is 2.13 bits per heavy atom. The molecule has 0 amide bonds. The van der Waals surface area contributed by atoms with E-state index in [9.17, 15) is 9.59 Å². The number of hydrogen-bond acceptors (Lipinski definition) is 13. The molecule has 2 atom stereocenters. The second-order valence-corrected chi connectivity index (χ2v) is 10.7.